The lowest BCUT2D eigenvalue weighted by Gasteiger charge is -2.35. The second kappa shape index (κ2) is 7.96. The Labute approximate surface area is 179 Å². The van der Waals surface area contributed by atoms with Gasteiger partial charge in [0, 0.05) is 25.7 Å². The van der Waals surface area contributed by atoms with E-state index in [2.05, 4.69) is 5.32 Å². The molecule has 2 unspecified atom stereocenters. The van der Waals surface area contributed by atoms with Crippen LogP contribution < -0.4 is 5.32 Å². The lowest BCUT2D eigenvalue weighted by Crippen LogP contribution is -2.48. The summed E-state index contributed by atoms with van der Waals surface area (Å²) in [5, 5.41) is 2.77. The fourth-order valence-corrected chi connectivity index (χ4v) is 3.99. The zero-order valence-electron chi connectivity index (χ0n) is 17.5. The number of hydrogen-bond acceptors (Lipinski definition) is 5. The van der Waals surface area contributed by atoms with Crippen molar-refractivity contribution in [1.29, 1.82) is 0 Å². The Hall–Kier alpha value is -3.52. The second-order valence-corrected chi connectivity index (χ2v) is 7.90. The van der Waals surface area contributed by atoms with Crippen molar-refractivity contribution in [1.82, 2.24) is 9.80 Å². The van der Waals surface area contributed by atoms with Crippen molar-refractivity contribution >= 4 is 29.3 Å². The number of imide groups is 1. The predicted molar refractivity (Wildman–Crippen MR) is 113 cm³/mol. The van der Waals surface area contributed by atoms with Crippen LogP contribution in [-0.2, 0) is 4.74 Å². The average molecular weight is 421 g/mol. The molecular weight excluding hydrogens is 398 g/mol. The first kappa shape index (κ1) is 20.7. The van der Waals surface area contributed by atoms with Gasteiger partial charge in [-0.15, -0.1) is 0 Å². The van der Waals surface area contributed by atoms with Gasteiger partial charge in [0.2, 0.25) is 0 Å². The smallest absolute Gasteiger partial charge is 0.261 e. The van der Waals surface area contributed by atoms with Gasteiger partial charge in [0.15, 0.2) is 0 Å². The Bertz CT molecular complexity index is 1090. The van der Waals surface area contributed by atoms with Gasteiger partial charge in [-0.2, -0.15) is 0 Å². The number of rotatable bonds is 3. The minimum atomic E-state index is -0.471. The molecule has 4 amide bonds. The van der Waals surface area contributed by atoms with Gasteiger partial charge in [-0.25, -0.2) is 0 Å². The molecule has 160 valence electrons. The molecule has 4 rings (SSSR count). The second-order valence-electron chi connectivity index (χ2n) is 7.90. The molecule has 0 radical (unpaired) electrons. The van der Waals surface area contributed by atoms with E-state index < -0.39 is 17.7 Å². The van der Waals surface area contributed by atoms with Crippen LogP contribution in [0.5, 0.6) is 0 Å². The minimum Gasteiger partial charge on any atom is -0.372 e. The summed E-state index contributed by atoms with van der Waals surface area (Å²) in [4.78, 5) is 53.0. The summed E-state index contributed by atoms with van der Waals surface area (Å²) in [6.45, 7) is 4.78. The topological polar surface area (TPSA) is 96.0 Å². The van der Waals surface area contributed by atoms with E-state index in [-0.39, 0.29) is 34.8 Å². The van der Waals surface area contributed by atoms with Gasteiger partial charge < -0.3 is 15.0 Å². The van der Waals surface area contributed by atoms with E-state index in [0.717, 1.165) is 4.90 Å². The maximum absolute atomic E-state index is 13.1. The Balaban J connectivity index is 1.57. The molecule has 1 saturated heterocycles. The highest BCUT2D eigenvalue weighted by atomic mass is 16.5. The van der Waals surface area contributed by atoms with Crippen molar-refractivity contribution in [3.63, 3.8) is 0 Å². The molecule has 8 nitrogen and oxygen atoms in total. The molecule has 31 heavy (non-hydrogen) atoms. The quantitative estimate of drug-likeness (QED) is 0.768. The highest BCUT2D eigenvalue weighted by Gasteiger charge is 2.33. The van der Waals surface area contributed by atoms with Crippen LogP contribution in [0, 0.1) is 0 Å². The van der Waals surface area contributed by atoms with Crippen LogP contribution in [0.15, 0.2) is 42.5 Å². The lowest BCUT2D eigenvalue weighted by atomic mass is 10.0. The summed E-state index contributed by atoms with van der Waals surface area (Å²) in [6.07, 6.45) is -0.140. The van der Waals surface area contributed by atoms with E-state index in [1.165, 1.54) is 25.2 Å². The van der Waals surface area contributed by atoms with Gasteiger partial charge >= 0.3 is 0 Å². The van der Waals surface area contributed by atoms with Crippen LogP contribution in [0.4, 0.5) is 5.69 Å². The van der Waals surface area contributed by atoms with E-state index in [9.17, 15) is 19.2 Å². The fraction of sp³-hybridized carbons (Fsp3) is 0.304. The van der Waals surface area contributed by atoms with Gasteiger partial charge in [0.05, 0.1) is 34.6 Å². The van der Waals surface area contributed by atoms with Gasteiger partial charge in [0.1, 0.15) is 0 Å². The minimum absolute atomic E-state index is 0.0701. The zero-order valence-corrected chi connectivity index (χ0v) is 17.5. The molecule has 2 heterocycles. The van der Waals surface area contributed by atoms with Crippen LogP contribution in [0.2, 0.25) is 0 Å². The normalized spacial score (nSPS) is 20.6. The van der Waals surface area contributed by atoms with Crippen molar-refractivity contribution in [3.05, 3.63) is 64.7 Å². The molecule has 2 aromatic rings. The number of carbonyl (C=O) groups is 4. The molecule has 0 bridgehead atoms. The van der Waals surface area contributed by atoms with E-state index in [4.69, 9.17) is 4.74 Å². The van der Waals surface area contributed by atoms with Gasteiger partial charge in [-0.05, 0) is 44.2 Å². The Kier molecular flexibility index (Phi) is 5.32. The summed E-state index contributed by atoms with van der Waals surface area (Å²) < 4.78 is 5.70. The van der Waals surface area contributed by atoms with Crippen LogP contribution in [0.3, 0.4) is 0 Å². The number of carbonyl (C=O) groups excluding carboxylic acids is 4. The number of ether oxygens (including phenoxy) is 1. The first-order valence-corrected chi connectivity index (χ1v) is 10.1. The molecule has 0 saturated carbocycles. The van der Waals surface area contributed by atoms with E-state index >= 15 is 0 Å². The molecule has 8 heteroatoms. The molecule has 0 aliphatic carbocycles. The van der Waals surface area contributed by atoms with Crippen molar-refractivity contribution in [3.8, 4) is 0 Å². The Morgan fingerprint density at radius 1 is 0.968 bits per heavy atom. The van der Waals surface area contributed by atoms with Gasteiger partial charge in [0.25, 0.3) is 23.6 Å². The van der Waals surface area contributed by atoms with E-state index in [0.29, 0.717) is 24.3 Å². The van der Waals surface area contributed by atoms with Crippen LogP contribution in [-0.4, -0.2) is 65.8 Å². The highest BCUT2D eigenvalue weighted by molar-refractivity contribution is 6.22. The van der Waals surface area contributed by atoms with Crippen molar-refractivity contribution in [2.45, 2.75) is 26.1 Å². The number of anilines is 1. The third kappa shape index (κ3) is 3.82. The summed E-state index contributed by atoms with van der Waals surface area (Å²) in [7, 11) is 1.40. The number of nitrogens with one attached hydrogen (secondary N) is 1. The highest BCUT2D eigenvalue weighted by Crippen LogP contribution is 2.25. The fourth-order valence-electron chi connectivity index (χ4n) is 3.99. The number of amides is 4. The molecule has 2 aromatic carbocycles. The molecule has 2 aliphatic heterocycles. The van der Waals surface area contributed by atoms with E-state index in [1.807, 2.05) is 13.8 Å². The molecular formula is C23H23N3O5. The standard InChI is InChI=1S/C23H23N3O5/c1-13-11-26(12-14(2)31-13)23(30)17-6-4-5-7-19(17)24-20(27)15-8-9-16-18(10-15)22(29)25(3)21(16)28/h4-10,13-14H,11-12H2,1-3H3,(H,24,27). The summed E-state index contributed by atoms with van der Waals surface area (Å²) in [6, 6.07) is 11.2. The molecule has 0 aromatic heterocycles. The largest absolute Gasteiger partial charge is 0.372 e. The number of hydrogen-bond donors (Lipinski definition) is 1. The van der Waals surface area contributed by atoms with Crippen LogP contribution >= 0.6 is 0 Å². The number of fused-ring (bicyclic) bond motifs is 1. The van der Waals surface area contributed by atoms with Crippen molar-refractivity contribution in [2.75, 3.05) is 25.5 Å². The summed E-state index contributed by atoms with van der Waals surface area (Å²) >= 11 is 0. The Morgan fingerprint density at radius 3 is 2.32 bits per heavy atom. The molecule has 2 atom stereocenters. The Morgan fingerprint density at radius 2 is 1.61 bits per heavy atom. The first-order chi connectivity index (χ1) is 14.8. The number of benzene rings is 2. The molecule has 1 fully saturated rings. The summed E-state index contributed by atoms with van der Waals surface area (Å²) in [5.41, 5.74) is 1.45. The zero-order chi connectivity index (χ0) is 22.3. The maximum Gasteiger partial charge on any atom is 0.261 e. The monoisotopic (exact) mass is 421 g/mol. The number of morpholine rings is 1. The van der Waals surface area contributed by atoms with Crippen LogP contribution in [0.1, 0.15) is 55.3 Å². The third-order valence-electron chi connectivity index (χ3n) is 5.46. The average Bonchev–Trinajstić information content (AvgIpc) is 2.96. The van der Waals surface area contributed by atoms with Crippen molar-refractivity contribution < 1.29 is 23.9 Å². The first-order valence-electron chi connectivity index (χ1n) is 10.1. The SMILES string of the molecule is CC1CN(C(=O)c2ccccc2NC(=O)c2ccc3c(c2)C(=O)N(C)C3=O)CC(C)O1. The van der Waals surface area contributed by atoms with Gasteiger partial charge in [-0.3, -0.25) is 24.1 Å². The lowest BCUT2D eigenvalue weighted by molar-refractivity contribution is -0.0585. The number of para-hydroxylation sites is 1. The summed E-state index contributed by atoms with van der Waals surface area (Å²) in [5.74, 6) is -1.49. The predicted octanol–water partition coefficient (Wildman–Crippen LogP) is 2.41. The maximum atomic E-state index is 13.1. The molecule has 0 spiro atoms. The molecule has 2 aliphatic rings. The van der Waals surface area contributed by atoms with E-state index in [1.54, 1.807) is 29.2 Å². The van der Waals surface area contributed by atoms with Crippen molar-refractivity contribution in [2.24, 2.45) is 0 Å². The third-order valence-corrected chi connectivity index (χ3v) is 5.46. The number of nitrogens with zero attached hydrogens (tertiary/aromatic N) is 2. The van der Waals surface area contributed by atoms with Crippen LogP contribution in [0.25, 0.3) is 0 Å². The van der Waals surface area contributed by atoms with Gasteiger partial charge in [-0.1, -0.05) is 12.1 Å². The molecule has 1 N–H and O–H groups in total.